The van der Waals surface area contributed by atoms with Gasteiger partial charge in [-0.25, -0.2) is 18.6 Å². The molecule has 0 aliphatic heterocycles. The molecule has 2 aliphatic rings. The summed E-state index contributed by atoms with van der Waals surface area (Å²) < 4.78 is 27.7. The molecule has 5 nitrogen and oxygen atoms in total. The van der Waals surface area contributed by atoms with Gasteiger partial charge in [0, 0.05) is 21.0 Å². The van der Waals surface area contributed by atoms with Gasteiger partial charge in [0.2, 0.25) is 0 Å². The summed E-state index contributed by atoms with van der Waals surface area (Å²) in [5.74, 6) is -0.627. The minimum Gasteiger partial charge on any atom is -0.334 e. The van der Waals surface area contributed by atoms with E-state index in [4.69, 9.17) is 5.26 Å². The second-order valence-corrected chi connectivity index (χ2v) is 5.98. The number of amides is 2. The van der Waals surface area contributed by atoms with Crippen LogP contribution in [0.3, 0.4) is 0 Å². The van der Waals surface area contributed by atoms with Crippen molar-refractivity contribution < 1.29 is 16.4 Å². The lowest BCUT2D eigenvalue weighted by atomic mass is 10.0. The molecule has 124 valence electrons. The molecule has 7 heteroatoms. The van der Waals surface area contributed by atoms with Crippen LogP contribution in [0.1, 0.15) is 25.5 Å². The average molecular weight is 330 g/mol. The fraction of sp³-hybridized carbons (Fsp3) is 0.235. The molecule has 0 bridgehead atoms. The van der Waals surface area contributed by atoms with Crippen LogP contribution in [0.5, 0.6) is 0 Å². The topological polar surface area (TPSA) is 77.8 Å². The first-order valence-corrected chi connectivity index (χ1v) is 7.49. The Morgan fingerprint density at radius 2 is 2.08 bits per heavy atom. The summed E-state index contributed by atoms with van der Waals surface area (Å²) in [6.07, 6.45) is 1.79. The lowest BCUT2D eigenvalue weighted by Gasteiger charge is -2.11. The van der Waals surface area contributed by atoms with Crippen LogP contribution in [-0.2, 0) is 6.42 Å². The molecule has 24 heavy (non-hydrogen) atoms. The first-order chi connectivity index (χ1) is 11.6. The lowest BCUT2D eigenvalue weighted by molar-refractivity contribution is 0.251. The Morgan fingerprint density at radius 1 is 1.29 bits per heavy atom. The number of nitrogens with one attached hydrogen (secondary N) is 2. The summed E-state index contributed by atoms with van der Waals surface area (Å²) in [5.41, 5.74) is 1.21. The molecule has 1 heterocycles. The summed E-state index contributed by atoms with van der Waals surface area (Å²) in [5, 5.41) is 14.0. The fourth-order valence-electron chi connectivity index (χ4n) is 3.47. The molecular formula is C17H16F2N4O. The van der Waals surface area contributed by atoms with Crippen LogP contribution in [0, 0.1) is 28.9 Å². The molecule has 0 unspecified atom stereocenters. The fourth-order valence-corrected chi connectivity index (χ4v) is 3.47. The number of benzene rings is 1. The molecule has 2 aromatic rings. The largest absolute Gasteiger partial charge is 0.334 e. The van der Waals surface area contributed by atoms with Gasteiger partial charge in [-0.15, -0.1) is 0 Å². The third kappa shape index (κ3) is 2.27. The van der Waals surface area contributed by atoms with Crippen LogP contribution < -0.4 is 10.6 Å². The van der Waals surface area contributed by atoms with E-state index in [1.807, 2.05) is 6.07 Å². The standard InChI is InChI=1S/C17H12F2N4O.2H2/c18-11-2-3-12(19)14-9(11)5-10-15(14)16(10)23-17(24)22-13-4-1-8(6-20)7-21-13;;/h1-4,7,10,15-16H,5H2,(H2,21,22,23,24);2*1H/t10-,15-,16-;;/m1../s1. The Morgan fingerprint density at radius 3 is 2.79 bits per heavy atom. The van der Waals surface area contributed by atoms with Crippen LogP contribution in [0.2, 0.25) is 0 Å². The average Bonchev–Trinajstić information content (AvgIpc) is 3.05. The van der Waals surface area contributed by atoms with E-state index in [0.717, 1.165) is 12.1 Å². The minimum absolute atomic E-state index is 0. The van der Waals surface area contributed by atoms with E-state index >= 15 is 0 Å². The van der Waals surface area contributed by atoms with Crippen molar-refractivity contribution in [2.45, 2.75) is 18.4 Å². The third-order valence-corrected chi connectivity index (χ3v) is 4.62. The van der Waals surface area contributed by atoms with Gasteiger partial charge >= 0.3 is 6.03 Å². The van der Waals surface area contributed by atoms with Crippen LogP contribution in [0.15, 0.2) is 30.5 Å². The zero-order valence-electron chi connectivity index (χ0n) is 12.4. The first-order valence-electron chi connectivity index (χ1n) is 7.49. The van der Waals surface area contributed by atoms with Crippen molar-refractivity contribution in [3.8, 4) is 6.07 Å². The number of rotatable bonds is 2. The Bertz CT molecular complexity index is 886. The predicted octanol–water partition coefficient (Wildman–Crippen LogP) is 3.18. The molecule has 2 N–H and O–H groups in total. The van der Waals surface area contributed by atoms with E-state index < -0.39 is 11.8 Å². The number of nitriles is 1. The molecule has 2 aliphatic carbocycles. The van der Waals surface area contributed by atoms with Crippen molar-refractivity contribution in [3.63, 3.8) is 0 Å². The van der Waals surface area contributed by atoms with Crippen molar-refractivity contribution >= 4 is 11.8 Å². The van der Waals surface area contributed by atoms with Gasteiger partial charge in [-0.05, 0) is 47.7 Å². The van der Waals surface area contributed by atoms with Crippen molar-refractivity contribution in [1.29, 1.82) is 5.26 Å². The van der Waals surface area contributed by atoms with Crippen molar-refractivity contribution in [3.05, 3.63) is 58.8 Å². The highest BCUT2D eigenvalue weighted by Gasteiger charge is 2.58. The molecule has 1 aromatic heterocycles. The number of hydrogen-bond donors (Lipinski definition) is 2. The normalized spacial score (nSPS) is 23.0. The number of carbonyl (C=O) groups excluding carboxylic acids is 1. The molecule has 4 rings (SSSR count). The van der Waals surface area contributed by atoms with Crippen molar-refractivity contribution in [2.75, 3.05) is 5.32 Å². The summed E-state index contributed by atoms with van der Waals surface area (Å²) in [6, 6.07) is 6.63. The number of fused-ring (bicyclic) bond motifs is 3. The van der Waals surface area contributed by atoms with Gasteiger partial charge in [0.05, 0.1) is 5.56 Å². The Labute approximate surface area is 139 Å². The van der Waals surface area contributed by atoms with Gasteiger partial charge in [-0.1, -0.05) is 0 Å². The van der Waals surface area contributed by atoms with Crippen LogP contribution in [0.4, 0.5) is 19.4 Å². The van der Waals surface area contributed by atoms with E-state index in [2.05, 4.69) is 15.6 Å². The molecule has 0 spiro atoms. The number of aromatic nitrogens is 1. The lowest BCUT2D eigenvalue weighted by Crippen LogP contribution is -2.33. The van der Waals surface area contributed by atoms with Gasteiger partial charge < -0.3 is 5.32 Å². The van der Waals surface area contributed by atoms with E-state index in [9.17, 15) is 13.6 Å². The maximum atomic E-state index is 13.9. The number of nitrogens with zero attached hydrogens (tertiary/aromatic N) is 2. The molecule has 0 saturated heterocycles. The molecule has 1 fully saturated rings. The molecule has 3 atom stereocenters. The maximum Gasteiger partial charge on any atom is 0.320 e. The summed E-state index contributed by atoms with van der Waals surface area (Å²) in [4.78, 5) is 16.0. The van der Waals surface area contributed by atoms with Gasteiger partial charge in [-0.3, -0.25) is 5.32 Å². The molecule has 0 radical (unpaired) electrons. The van der Waals surface area contributed by atoms with Gasteiger partial charge in [-0.2, -0.15) is 5.26 Å². The number of pyridine rings is 1. The monoisotopic (exact) mass is 330 g/mol. The summed E-state index contributed by atoms with van der Waals surface area (Å²) in [7, 11) is 0. The highest BCUT2D eigenvalue weighted by molar-refractivity contribution is 5.89. The molecule has 1 aromatic carbocycles. The van der Waals surface area contributed by atoms with Crippen LogP contribution in [0.25, 0.3) is 0 Å². The van der Waals surface area contributed by atoms with Crippen molar-refractivity contribution in [2.24, 2.45) is 5.92 Å². The SMILES string of the molecule is N#Cc1ccc(NC(=O)N[C@@H]2[C@@H]3Cc4c(F)ccc(F)c4[C@@H]32)nc1.[HH].[HH]. The zero-order chi connectivity index (χ0) is 16.8. The highest BCUT2D eigenvalue weighted by Crippen LogP contribution is 2.57. The Kier molecular flexibility index (Phi) is 3.20. The minimum atomic E-state index is -0.454. The van der Waals surface area contributed by atoms with Gasteiger partial charge in [0.1, 0.15) is 23.5 Å². The first kappa shape index (κ1) is 14.6. The van der Waals surface area contributed by atoms with Crippen LogP contribution in [-0.4, -0.2) is 17.1 Å². The number of carbonyl (C=O) groups is 1. The van der Waals surface area contributed by atoms with E-state index in [1.165, 1.54) is 12.3 Å². The number of anilines is 1. The second kappa shape index (κ2) is 5.27. The Hall–Kier alpha value is -3.01. The van der Waals surface area contributed by atoms with E-state index in [1.54, 1.807) is 6.07 Å². The zero-order valence-corrected chi connectivity index (χ0v) is 12.4. The quantitative estimate of drug-likeness (QED) is 0.888. The second-order valence-electron chi connectivity index (χ2n) is 5.98. The predicted molar refractivity (Wildman–Crippen MR) is 85.4 cm³/mol. The molecular weight excluding hydrogens is 314 g/mol. The van der Waals surface area contributed by atoms with E-state index in [0.29, 0.717) is 28.9 Å². The highest BCUT2D eigenvalue weighted by atomic mass is 19.1. The maximum absolute atomic E-state index is 13.9. The summed E-state index contributed by atoms with van der Waals surface area (Å²) in [6.45, 7) is 0. The van der Waals surface area contributed by atoms with Gasteiger partial charge in [0.15, 0.2) is 0 Å². The van der Waals surface area contributed by atoms with Gasteiger partial charge in [0.25, 0.3) is 0 Å². The molecule has 2 amide bonds. The smallest absolute Gasteiger partial charge is 0.320 e. The Balaban J connectivity index is 0.00000121. The van der Waals surface area contributed by atoms with Crippen LogP contribution >= 0.6 is 0 Å². The molecule has 1 saturated carbocycles. The van der Waals surface area contributed by atoms with E-state index in [-0.39, 0.29) is 26.5 Å². The van der Waals surface area contributed by atoms with Crippen molar-refractivity contribution in [1.82, 2.24) is 10.3 Å². The summed E-state index contributed by atoms with van der Waals surface area (Å²) >= 11 is 0. The number of hydrogen-bond acceptors (Lipinski definition) is 3. The number of urea groups is 1. The number of halogens is 2. The third-order valence-electron chi connectivity index (χ3n) is 4.62.